The molecule has 2 aromatic carbocycles. The lowest BCUT2D eigenvalue weighted by Crippen LogP contribution is -2.31. The highest BCUT2D eigenvalue weighted by Crippen LogP contribution is 2.28. The molecule has 1 aromatic heterocycles. The molecule has 11 heteroatoms. The summed E-state index contributed by atoms with van der Waals surface area (Å²) in [5, 5.41) is -0.119. The van der Waals surface area contributed by atoms with E-state index in [9.17, 15) is 17.6 Å². The molecule has 0 saturated carbocycles. The molecular formula is C16H9Cl3FN3O3S. The number of nitrogens with one attached hydrogen (secondary N) is 1. The summed E-state index contributed by atoms with van der Waals surface area (Å²) in [6.45, 7) is 0. The Hall–Kier alpha value is -2.13. The number of benzene rings is 2. The third-order valence-corrected chi connectivity index (χ3v) is 5.88. The normalized spacial score (nSPS) is 11.4. The van der Waals surface area contributed by atoms with Crippen molar-refractivity contribution in [3.05, 3.63) is 75.5 Å². The van der Waals surface area contributed by atoms with Crippen LogP contribution in [0.3, 0.4) is 0 Å². The first-order valence-electron chi connectivity index (χ1n) is 7.19. The van der Waals surface area contributed by atoms with E-state index in [1.807, 2.05) is 4.72 Å². The van der Waals surface area contributed by atoms with Crippen LogP contribution < -0.4 is 4.72 Å². The largest absolute Gasteiger partial charge is 0.305 e. The number of rotatable bonds is 4. The van der Waals surface area contributed by atoms with Gasteiger partial charge < -0.3 is 4.57 Å². The van der Waals surface area contributed by atoms with Gasteiger partial charge in [0.15, 0.2) is 0 Å². The number of carbonyl (C=O) groups is 1. The van der Waals surface area contributed by atoms with Gasteiger partial charge in [0, 0.05) is 11.2 Å². The first kappa shape index (κ1) is 19.6. The van der Waals surface area contributed by atoms with Gasteiger partial charge in [-0.3, -0.25) is 4.79 Å². The fourth-order valence-electron chi connectivity index (χ4n) is 2.23. The zero-order chi connectivity index (χ0) is 19.8. The first-order valence-corrected chi connectivity index (χ1v) is 9.81. The summed E-state index contributed by atoms with van der Waals surface area (Å²) < 4.78 is 41.5. The minimum absolute atomic E-state index is 0.136. The quantitative estimate of drug-likeness (QED) is 0.652. The molecule has 0 saturated heterocycles. The molecule has 0 bridgehead atoms. The second kappa shape index (κ2) is 7.47. The number of hydrogen-bond donors (Lipinski definition) is 1. The fraction of sp³-hybridized carbons (Fsp3) is 0. The molecule has 6 nitrogen and oxygen atoms in total. The second-order valence-corrected chi connectivity index (χ2v) is 8.15. The van der Waals surface area contributed by atoms with Gasteiger partial charge in [-0.2, -0.15) is 0 Å². The fourth-order valence-corrected chi connectivity index (χ4v) is 4.56. The predicted molar refractivity (Wildman–Crippen MR) is 99.6 cm³/mol. The average molecular weight is 449 g/mol. The van der Waals surface area contributed by atoms with Gasteiger partial charge in [0.1, 0.15) is 22.7 Å². The van der Waals surface area contributed by atoms with Crippen molar-refractivity contribution >= 4 is 50.7 Å². The van der Waals surface area contributed by atoms with E-state index < -0.39 is 26.6 Å². The van der Waals surface area contributed by atoms with Crippen LogP contribution in [0.25, 0.3) is 5.69 Å². The zero-order valence-electron chi connectivity index (χ0n) is 13.2. The number of imidazole rings is 1. The first-order chi connectivity index (χ1) is 12.7. The Kier molecular flexibility index (Phi) is 5.43. The van der Waals surface area contributed by atoms with Crippen LogP contribution >= 0.6 is 34.8 Å². The third kappa shape index (κ3) is 4.24. The van der Waals surface area contributed by atoms with Crippen LogP contribution in [0.1, 0.15) is 10.5 Å². The lowest BCUT2D eigenvalue weighted by atomic mass is 10.3. The Balaban J connectivity index is 1.88. The molecule has 0 fully saturated rings. The van der Waals surface area contributed by atoms with Gasteiger partial charge in [0.05, 0.1) is 15.7 Å². The van der Waals surface area contributed by atoms with Gasteiger partial charge in [-0.05, 0) is 30.3 Å². The molecular weight excluding hydrogens is 440 g/mol. The van der Waals surface area contributed by atoms with Gasteiger partial charge in [-0.1, -0.05) is 40.9 Å². The number of carbonyl (C=O) groups excluding carboxylic acids is 1. The van der Waals surface area contributed by atoms with Crippen LogP contribution in [0.15, 0.2) is 53.8 Å². The molecule has 0 radical (unpaired) electrons. The van der Waals surface area contributed by atoms with E-state index in [1.165, 1.54) is 47.4 Å². The van der Waals surface area contributed by atoms with Crippen LogP contribution in [0.4, 0.5) is 4.39 Å². The minimum Gasteiger partial charge on any atom is -0.305 e. The van der Waals surface area contributed by atoms with E-state index in [0.717, 1.165) is 6.07 Å². The SMILES string of the molecule is O=C(NS(=O)(=O)c1c(Cl)cccc1Cl)c1cn(-c2cc(F)cc(Cl)c2)cn1. The van der Waals surface area contributed by atoms with E-state index >= 15 is 0 Å². The zero-order valence-corrected chi connectivity index (χ0v) is 16.2. The summed E-state index contributed by atoms with van der Waals surface area (Å²) in [5.41, 5.74) is 0.0886. The van der Waals surface area contributed by atoms with Crippen molar-refractivity contribution < 1.29 is 17.6 Å². The van der Waals surface area contributed by atoms with E-state index in [-0.39, 0.29) is 20.8 Å². The number of hydrogen-bond acceptors (Lipinski definition) is 4. The average Bonchev–Trinajstić information content (AvgIpc) is 3.03. The van der Waals surface area contributed by atoms with Gasteiger partial charge >= 0.3 is 0 Å². The van der Waals surface area contributed by atoms with Gasteiger partial charge in [-0.25, -0.2) is 22.5 Å². The summed E-state index contributed by atoms with van der Waals surface area (Å²) in [5.74, 6) is -1.58. The minimum atomic E-state index is -4.33. The van der Waals surface area contributed by atoms with Crippen molar-refractivity contribution in [2.75, 3.05) is 0 Å². The molecule has 140 valence electrons. The van der Waals surface area contributed by atoms with Crippen molar-refractivity contribution in [2.45, 2.75) is 4.90 Å². The van der Waals surface area contributed by atoms with Crippen molar-refractivity contribution in [2.24, 2.45) is 0 Å². The van der Waals surface area contributed by atoms with Crippen molar-refractivity contribution in [3.8, 4) is 5.69 Å². The maximum Gasteiger partial charge on any atom is 0.285 e. The maximum absolute atomic E-state index is 13.5. The van der Waals surface area contributed by atoms with Gasteiger partial charge in [-0.15, -0.1) is 0 Å². The van der Waals surface area contributed by atoms with Gasteiger partial charge in [0.25, 0.3) is 15.9 Å². The highest BCUT2D eigenvalue weighted by molar-refractivity contribution is 7.90. The molecule has 3 rings (SSSR count). The van der Waals surface area contributed by atoms with Crippen LogP contribution in [0, 0.1) is 5.82 Å². The summed E-state index contributed by atoms with van der Waals surface area (Å²) in [4.78, 5) is 15.7. The summed E-state index contributed by atoms with van der Waals surface area (Å²) >= 11 is 17.5. The summed E-state index contributed by atoms with van der Waals surface area (Å²) in [6.07, 6.45) is 2.44. The number of aromatic nitrogens is 2. The van der Waals surface area contributed by atoms with Crippen LogP contribution in [0.5, 0.6) is 0 Å². The summed E-state index contributed by atoms with van der Waals surface area (Å²) in [6, 6.07) is 7.88. The monoisotopic (exact) mass is 447 g/mol. The molecule has 1 amide bonds. The van der Waals surface area contributed by atoms with E-state index in [1.54, 1.807) is 0 Å². The number of sulfonamides is 1. The second-order valence-electron chi connectivity index (χ2n) is 5.28. The molecule has 0 spiro atoms. The van der Waals surface area contributed by atoms with Crippen molar-refractivity contribution in [3.63, 3.8) is 0 Å². The van der Waals surface area contributed by atoms with E-state index in [2.05, 4.69) is 4.98 Å². The predicted octanol–water partition coefficient (Wildman–Crippen LogP) is 4.09. The highest BCUT2D eigenvalue weighted by Gasteiger charge is 2.25. The Labute approximate surface area is 168 Å². The summed E-state index contributed by atoms with van der Waals surface area (Å²) in [7, 11) is -4.33. The van der Waals surface area contributed by atoms with Crippen molar-refractivity contribution in [1.82, 2.24) is 14.3 Å². The molecule has 1 heterocycles. The van der Waals surface area contributed by atoms with Gasteiger partial charge in [0.2, 0.25) is 0 Å². The Morgan fingerprint density at radius 1 is 1.11 bits per heavy atom. The topological polar surface area (TPSA) is 81.1 Å². The standard InChI is InChI=1S/C16H9Cl3FN3O3S/c17-9-4-10(20)6-11(5-9)23-7-14(21-8-23)16(24)22-27(25,26)15-12(18)2-1-3-13(15)19/h1-8H,(H,22,24). The Bertz CT molecular complexity index is 1110. The highest BCUT2D eigenvalue weighted by atomic mass is 35.5. The smallest absolute Gasteiger partial charge is 0.285 e. The molecule has 0 atom stereocenters. The number of halogens is 4. The molecule has 27 heavy (non-hydrogen) atoms. The third-order valence-electron chi connectivity index (χ3n) is 3.38. The van der Waals surface area contributed by atoms with Crippen molar-refractivity contribution in [1.29, 1.82) is 0 Å². The Morgan fingerprint density at radius 3 is 2.41 bits per heavy atom. The van der Waals surface area contributed by atoms with Crippen LogP contribution in [-0.4, -0.2) is 23.9 Å². The van der Waals surface area contributed by atoms with Crippen LogP contribution in [0.2, 0.25) is 15.1 Å². The van der Waals surface area contributed by atoms with E-state index in [0.29, 0.717) is 5.69 Å². The Morgan fingerprint density at radius 2 is 1.78 bits per heavy atom. The lowest BCUT2D eigenvalue weighted by Gasteiger charge is -2.09. The molecule has 3 aromatic rings. The molecule has 0 aliphatic rings. The number of nitrogens with zero attached hydrogens (tertiary/aromatic N) is 2. The molecule has 0 aliphatic carbocycles. The maximum atomic E-state index is 13.5. The molecule has 0 unspecified atom stereocenters. The van der Waals surface area contributed by atoms with Crippen LogP contribution in [-0.2, 0) is 10.0 Å². The molecule has 0 aliphatic heterocycles. The molecule has 1 N–H and O–H groups in total. The van der Waals surface area contributed by atoms with E-state index in [4.69, 9.17) is 34.8 Å². The number of amides is 1. The lowest BCUT2D eigenvalue weighted by molar-refractivity contribution is 0.0977.